The smallest absolute Gasteiger partial charge is 0.336 e. The molecule has 0 aliphatic carbocycles. The van der Waals surface area contributed by atoms with Gasteiger partial charge in [-0.1, -0.05) is 0 Å². The van der Waals surface area contributed by atoms with Gasteiger partial charge in [0.05, 0.1) is 20.8 Å². The van der Waals surface area contributed by atoms with Crippen molar-refractivity contribution in [3.05, 3.63) is 69.1 Å². The first-order valence-electron chi connectivity index (χ1n) is 9.56. The van der Waals surface area contributed by atoms with E-state index in [4.69, 9.17) is 13.9 Å². The molecule has 0 amide bonds. The number of fused-ring (bicyclic) bond motifs is 1. The highest BCUT2D eigenvalue weighted by Crippen LogP contribution is 2.28. The molecule has 3 rings (SSSR count). The Bertz CT molecular complexity index is 1040. The summed E-state index contributed by atoms with van der Waals surface area (Å²) < 4.78 is 16.4. The largest absolute Gasteiger partial charge is 0.493 e. The van der Waals surface area contributed by atoms with Gasteiger partial charge in [-0.25, -0.2) is 4.79 Å². The van der Waals surface area contributed by atoms with E-state index < -0.39 is 0 Å². The number of quaternary nitrogens is 1. The number of ether oxygens (including phenoxy) is 2. The van der Waals surface area contributed by atoms with Crippen LogP contribution in [-0.4, -0.2) is 20.8 Å². The Hall–Kier alpha value is -2.79. The van der Waals surface area contributed by atoms with Crippen LogP contribution >= 0.6 is 0 Å². The molecule has 5 nitrogen and oxygen atoms in total. The molecule has 2 aromatic carbocycles. The molecule has 1 N–H and O–H groups in total. The zero-order chi connectivity index (χ0) is 20.3. The van der Waals surface area contributed by atoms with Gasteiger partial charge >= 0.3 is 5.63 Å². The van der Waals surface area contributed by atoms with Crippen molar-refractivity contribution >= 4 is 11.0 Å². The number of hydrogen-bond acceptors (Lipinski definition) is 4. The lowest BCUT2D eigenvalue weighted by Gasteiger charge is -2.17. The van der Waals surface area contributed by atoms with Gasteiger partial charge in [-0.15, -0.1) is 0 Å². The monoisotopic (exact) mass is 382 g/mol. The number of benzene rings is 2. The molecule has 1 unspecified atom stereocenters. The maximum atomic E-state index is 12.0. The number of aryl methyl sites for hydroxylation is 2. The van der Waals surface area contributed by atoms with Crippen LogP contribution in [0.4, 0.5) is 0 Å². The normalized spacial score (nSPS) is 12.2. The van der Waals surface area contributed by atoms with Gasteiger partial charge in [-0.2, -0.15) is 0 Å². The van der Waals surface area contributed by atoms with Crippen molar-refractivity contribution in [2.45, 2.75) is 33.9 Å². The standard InChI is InChI=1S/C23H27NO4/c1-6-27-20-8-7-17(11-22(20)26-5)13-24(4)14-18-12-23(25)28-21-10-16(3)15(2)9-19(18)21/h7-12H,6,13-14H2,1-5H3/p+1. The average Bonchev–Trinajstić information content (AvgIpc) is 2.64. The fourth-order valence-electron chi connectivity index (χ4n) is 3.46. The van der Waals surface area contributed by atoms with Crippen molar-refractivity contribution in [1.29, 1.82) is 0 Å². The van der Waals surface area contributed by atoms with Crippen LogP contribution < -0.4 is 20.0 Å². The molecule has 0 spiro atoms. The van der Waals surface area contributed by atoms with Gasteiger partial charge in [0.1, 0.15) is 18.7 Å². The number of methoxy groups -OCH3 is 1. The van der Waals surface area contributed by atoms with E-state index in [1.807, 2.05) is 32.0 Å². The summed E-state index contributed by atoms with van der Waals surface area (Å²) in [4.78, 5) is 13.3. The van der Waals surface area contributed by atoms with Gasteiger partial charge in [0.25, 0.3) is 0 Å². The minimum atomic E-state index is -0.304. The molecule has 148 valence electrons. The van der Waals surface area contributed by atoms with Gasteiger partial charge in [0, 0.05) is 22.6 Å². The van der Waals surface area contributed by atoms with Gasteiger partial charge in [-0.3, -0.25) is 0 Å². The van der Waals surface area contributed by atoms with Crippen LogP contribution in [0.2, 0.25) is 0 Å². The first-order valence-corrected chi connectivity index (χ1v) is 9.56. The molecular formula is C23H28NO4+. The Balaban J connectivity index is 1.84. The van der Waals surface area contributed by atoms with Gasteiger partial charge in [-0.05, 0) is 62.2 Å². The van der Waals surface area contributed by atoms with Gasteiger partial charge < -0.3 is 18.8 Å². The maximum absolute atomic E-state index is 12.0. The molecule has 0 radical (unpaired) electrons. The Kier molecular flexibility index (Phi) is 6.05. The van der Waals surface area contributed by atoms with E-state index in [9.17, 15) is 4.79 Å². The minimum absolute atomic E-state index is 0.304. The Morgan fingerprint density at radius 2 is 1.75 bits per heavy atom. The van der Waals surface area contributed by atoms with Gasteiger partial charge in [0.15, 0.2) is 11.5 Å². The van der Waals surface area contributed by atoms with E-state index >= 15 is 0 Å². The summed E-state index contributed by atoms with van der Waals surface area (Å²) in [5, 5.41) is 1.01. The lowest BCUT2D eigenvalue weighted by atomic mass is 10.0. The molecule has 0 aliphatic heterocycles. The maximum Gasteiger partial charge on any atom is 0.336 e. The second-order valence-corrected chi connectivity index (χ2v) is 7.25. The van der Waals surface area contributed by atoms with E-state index in [1.54, 1.807) is 13.2 Å². The van der Waals surface area contributed by atoms with Crippen LogP contribution in [-0.2, 0) is 13.1 Å². The lowest BCUT2D eigenvalue weighted by molar-refractivity contribution is -0.907. The van der Waals surface area contributed by atoms with Crippen molar-refractivity contribution in [2.75, 3.05) is 20.8 Å². The molecule has 0 aliphatic rings. The highest BCUT2D eigenvalue weighted by atomic mass is 16.5. The minimum Gasteiger partial charge on any atom is -0.493 e. The van der Waals surface area contributed by atoms with E-state index in [1.165, 1.54) is 10.5 Å². The molecule has 5 heteroatoms. The Labute approximate surface area is 165 Å². The van der Waals surface area contributed by atoms with Crippen LogP contribution in [0.1, 0.15) is 29.2 Å². The molecule has 28 heavy (non-hydrogen) atoms. The number of hydrogen-bond donors (Lipinski definition) is 1. The third kappa shape index (κ3) is 4.37. The highest BCUT2D eigenvalue weighted by Gasteiger charge is 2.14. The highest BCUT2D eigenvalue weighted by molar-refractivity contribution is 5.81. The second kappa shape index (κ2) is 8.48. The van der Waals surface area contributed by atoms with Crippen molar-refractivity contribution in [2.24, 2.45) is 0 Å². The molecule has 3 aromatic rings. The van der Waals surface area contributed by atoms with E-state index in [2.05, 4.69) is 26.1 Å². The fraction of sp³-hybridized carbons (Fsp3) is 0.348. The fourth-order valence-corrected chi connectivity index (χ4v) is 3.46. The lowest BCUT2D eigenvalue weighted by Crippen LogP contribution is -3.06. The van der Waals surface area contributed by atoms with Crippen LogP contribution in [0.3, 0.4) is 0 Å². The first-order chi connectivity index (χ1) is 13.4. The topological polar surface area (TPSA) is 53.1 Å². The molecule has 1 aromatic heterocycles. The van der Waals surface area contributed by atoms with Crippen LogP contribution in [0.15, 0.2) is 45.6 Å². The van der Waals surface area contributed by atoms with E-state index in [-0.39, 0.29) is 5.63 Å². The molecule has 1 heterocycles. The predicted octanol–water partition coefficient (Wildman–Crippen LogP) is 3.03. The quantitative estimate of drug-likeness (QED) is 0.638. The predicted molar refractivity (Wildman–Crippen MR) is 110 cm³/mol. The Morgan fingerprint density at radius 1 is 1.00 bits per heavy atom. The van der Waals surface area contributed by atoms with Crippen molar-refractivity contribution < 1.29 is 18.8 Å². The average molecular weight is 382 g/mol. The van der Waals surface area contributed by atoms with E-state index in [0.29, 0.717) is 12.2 Å². The summed E-state index contributed by atoms with van der Waals surface area (Å²) in [7, 11) is 3.77. The van der Waals surface area contributed by atoms with Crippen LogP contribution in [0.5, 0.6) is 11.5 Å². The summed E-state index contributed by atoms with van der Waals surface area (Å²) in [6, 6.07) is 11.7. The summed E-state index contributed by atoms with van der Waals surface area (Å²) in [5.74, 6) is 1.49. The summed E-state index contributed by atoms with van der Waals surface area (Å²) in [5.41, 5.74) is 4.82. The van der Waals surface area contributed by atoms with Gasteiger partial charge in [0.2, 0.25) is 0 Å². The SMILES string of the molecule is CCOc1ccc(C[NH+](C)Cc2cc(=O)oc3cc(C)c(C)cc23)cc1OC. The molecule has 0 bridgehead atoms. The second-order valence-electron chi connectivity index (χ2n) is 7.25. The van der Waals surface area contributed by atoms with Crippen molar-refractivity contribution in [3.63, 3.8) is 0 Å². The van der Waals surface area contributed by atoms with Crippen molar-refractivity contribution in [1.82, 2.24) is 0 Å². The zero-order valence-corrected chi connectivity index (χ0v) is 17.2. The molecular weight excluding hydrogens is 354 g/mol. The summed E-state index contributed by atoms with van der Waals surface area (Å²) >= 11 is 0. The summed E-state index contributed by atoms with van der Waals surface area (Å²) in [6.45, 7) is 8.18. The van der Waals surface area contributed by atoms with Crippen molar-refractivity contribution in [3.8, 4) is 11.5 Å². The summed E-state index contributed by atoms with van der Waals surface area (Å²) in [6.07, 6.45) is 0. The van der Waals surface area contributed by atoms with Crippen LogP contribution in [0, 0.1) is 13.8 Å². The van der Waals surface area contributed by atoms with E-state index in [0.717, 1.165) is 46.7 Å². The first kappa shape index (κ1) is 20.0. The molecule has 0 saturated heterocycles. The molecule has 0 saturated carbocycles. The third-order valence-corrected chi connectivity index (χ3v) is 4.97. The zero-order valence-electron chi connectivity index (χ0n) is 17.2. The van der Waals surface area contributed by atoms with Crippen LogP contribution in [0.25, 0.3) is 11.0 Å². The Morgan fingerprint density at radius 3 is 2.46 bits per heavy atom. The number of nitrogens with one attached hydrogen (secondary N) is 1. The molecule has 1 atom stereocenters. The third-order valence-electron chi connectivity index (χ3n) is 4.97. The molecule has 0 fully saturated rings. The number of rotatable bonds is 7.